The summed E-state index contributed by atoms with van der Waals surface area (Å²) in [6.07, 6.45) is 0.688. The van der Waals surface area contributed by atoms with Crippen molar-refractivity contribution < 1.29 is 23.5 Å². The number of halogens is 2. The molecule has 0 radical (unpaired) electrons. The van der Waals surface area contributed by atoms with Crippen molar-refractivity contribution in [3.8, 4) is 22.8 Å². The van der Waals surface area contributed by atoms with Crippen molar-refractivity contribution >= 4 is 44.4 Å². The van der Waals surface area contributed by atoms with Gasteiger partial charge in [0.25, 0.3) is 5.91 Å². The quantitative estimate of drug-likeness (QED) is 0.196. The van der Waals surface area contributed by atoms with E-state index in [0.29, 0.717) is 34.1 Å². The Morgan fingerprint density at radius 2 is 1.83 bits per heavy atom. The van der Waals surface area contributed by atoms with E-state index in [4.69, 9.17) is 14.5 Å². The van der Waals surface area contributed by atoms with Gasteiger partial charge in [0, 0.05) is 21.8 Å². The van der Waals surface area contributed by atoms with Gasteiger partial charge in [-0.05, 0) is 49.2 Å². The predicted octanol–water partition coefficient (Wildman–Crippen LogP) is 7.08. The van der Waals surface area contributed by atoms with Crippen LogP contribution >= 0.6 is 15.9 Å². The zero-order chi connectivity index (χ0) is 25.8. The average molecular weight is 551 g/mol. The van der Waals surface area contributed by atoms with Crippen molar-refractivity contribution in [3.63, 3.8) is 0 Å². The molecule has 36 heavy (non-hydrogen) atoms. The van der Waals surface area contributed by atoms with Crippen LogP contribution in [0.3, 0.4) is 0 Å². The second kappa shape index (κ2) is 10.9. The number of pyridine rings is 1. The fourth-order valence-electron chi connectivity index (χ4n) is 3.96. The highest BCUT2D eigenvalue weighted by Crippen LogP contribution is 2.39. The van der Waals surface area contributed by atoms with Crippen LogP contribution in [-0.4, -0.2) is 24.0 Å². The molecule has 1 heterocycles. The van der Waals surface area contributed by atoms with Crippen LogP contribution in [0.15, 0.2) is 65.1 Å². The summed E-state index contributed by atoms with van der Waals surface area (Å²) in [6.45, 7) is 3.63. The summed E-state index contributed by atoms with van der Waals surface area (Å²) in [5.41, 5.74) is 2.76. The van der Waals surface area contributed by atoms with Gasteiger partial charge in [-0.25, -0.2) is 9.37 Å². The zero-order valence-corrected chi connectivity index (χ0v) is 21.6. The number of methoxy groups -OCH3 is 1. The van der Waals surface area contributed by atoms with Gasteiger partial charge in [0.2, 0.25) is 0 Å². The number of anilines is 1. The summed E-state index contributed by atoms with van der Waals surface area (Å²) < 4.78 is 26.5. The van der Waals surface area contributed by atoms with Crippen molar-refractivity contribution in [2.75, 3.05) is 12.4 Å². The summed E-state index contributed by atoms with van der Waals surface area (Å²) in [6, 6.07) is 17.5. The van der Waals surface area contributed by atoms with Gasteiger partial charge < -0.3 is 14.8 Å². The number of nitrogens with zero attached hydrogens (tertiary/aromatic N) is 1. The number of carbonyl (C=O) groups excluding carboxylic acids is 2. The number of fused-ring (bicyclic) bond motifs is 1. The maximum atomic E-state index is 15.0. The number of benzene rings is 3. The third kappa shape index (κ3) is 5.09. The number of hydrogen-bond acceptors (Lipinski definition) is 5. The molecule has 1 aromatic heterocycles. The third-order valence-electron chi connectivity index (χ3n) is 5.66. The van der Waals surface area contributed by atoms with E-state index < -0.39 is 17.7 Å². The van der Waals surface area contributed by atoms with E-state index in [1.165, 1.54) is 13.2 Å². The van der Waals surface area contributed by atoms with Gasteiger partial charge in [-0.2, -0.15) is 0 Å². The van der Waals surface area contributed by atoms with Crippen LogP contribution in [0.25, 0.3) is 22.2 Å². The van der Waals surface area contributed by atoms with Gasteiger partial charge in [-0.3, -0.25) is 9.59 Å². The van der Waals surface area contributed by atoms with E-state index in [-0.39, 0.29) is 23.6 Å². The summed E-state index contributed by atoms with van der Waals surface area (Å²) in [5, 5.41) is 3.22. The number of aromatic nitrogens is 1. The van der Waals surface area contributed by atoms with Gasteiger partial charge in [-0.1, -0.05) is 53.2 Å². The van der Waals surface area contributed by atoms with Crippen LogP contribution in [0.5, 0.6) is 11.5 Å². The van der Waals surface area contributed by atoms with Crippen molar-refractivity contribution in [1.82, 2.24) is 4.98 Å². The third-order valence-corrected chi connectivity index (χ3v) is 6.16. The maximum Gasteiger partial charge on any atom is 0.311 e. The first kappa shape index (κ1) is 25.3. The molecule has 184 valence electrons. The molecule has 0 aliphatic heterocycles. The minimum Gasteiger partial charge on any atom is -0.493 e. The molecular formula is C28H24BrFN2O4. The largest absolute Gasteiger partial charge is 0.493 e. The molecule has 0 fully saturated rings. The molecule has 0 atom stereocenters. The number of esters is 1. The standard InChI is InChI=1S/C28H24BrFN2O4/c1-4-8-23(33)36-27-22(35-3)14-12-20(30)26(27)32-28(34)24-16(2)25(17-9-6-5-7-10-17)31-21-13-11-18(29)15-19(21)24/h5-7,9-15H,4,8H2,1-3H3,(H,32,34). The van der Waals surface area contributed by atoms with Crippen molar-refractivity contribution in [3.05, 3.63) is 82.1 Å². The minimum atomic E-state index is -0.760. The Kier molecular flexibility index (Phi) is 7.64. The summed E-state index contributed by atoms with van der Waals surface area (Å²) in [4.78, 5) is 30.8. The van der Waals surface area contributed by atoms with E-state index in [0.717, 1.165) is 16.1 Å². The smallest absolute Gasteiger partial charge is 0.311 e. The molecule has 0 aliphatic carbocycles. The molecule has 4 aromatic rings. The number of rotatable bonds is 7. The van der Waals surface area contributed by atoms with Crippen LogP contribution in [0.2, 0.25) is 0 Å². The fraction of sp³-hybridized carbons (Fsp3) is 0.179. The molecule has 0 saturated heterocycles. The molecule has 4 rings (SSSR count). The van der Waals surface area contributed by atoms with Crippen molar-refractivity contribution in [2.24, 2.45) is 0 Å². The summed E-state index contributed by atoms with van der Waals surface area (Å²) in [5.74, 6) is -1.94. The Hall–Kier alpha value is -3.78. The first-order chi connectivity index (χ1) is 17.3. The van der Waals surface area contributed by atoms with Gasteiger partial charge in [0.1, 0.15) is 5.69 Å². The Morgan fingerprint density at radius 1 is 1.08 bits per heavy atom. The van der Waals surface area contributed by atoms with Crippen molar-refractivity contribution in [2.45, 2.75) is 26.7 Å². The molecule has 0 spiro atoms. The lowest BCUT2D eigenvalue weighted by Crippen LogP contribution is -2.18. The number of nitrogens with one attached hydrogen (secondary N) is 1. The zero-order valence-electron chi connectivity index (χ0n) is 20.0. The molecule has 0 saturated carbocycles. The Balaban J connectivity index is 1.87. The number of amides is 1. The normalized spacial score (nSPS) is 10.8. The maximum absolute atomic E-state index is 15.0. The van der Waals surface area contributed by atoms with E-state index in [9.17, 15) is 9.59 Å². The molecule has 1 amide bonds. The van der Waals surface area contributed by atoms with Crippen LogP contribution in [0.4, 0.5) is 10.1 Å². The van der Waals surface area contributed by atoms with Gasteiger partial charge in [-0.15, -0.1) is 0 Å². The van der Waals surface area contributed by atoms with E-state index >= 15 is 4.39 Å². The molecule has 0 aliphatic rings. The van der Waals surface area contributed by atoms with Gasteiger partial charge >= 0.3 is 5.97 Å². The first-order valence-corrected chi connectivity index (χ1v) is 12.2. The monoisotopic (exact) mass is 550 g/mol. The Labute approximate surface area is 216 Å². The molecule has 6 nitrogen and oxygen atoms in total. The van der Waals surface area contributed by atoms with Gasteiger partial charge in [0.05, 0.1) is 23.9 Å². The highest BCUT2D eigenvalue weighted by atomic mass is 79.9. The lowest BCUT2D eigenvalue weighted by molar-refractivity contribution is -0.134. The van der Waals surface area contributed by atoms with E-state index in [2.05, 4.69) is 21.2 Å². The summed E-state index contributed by atoms with van der Waals surface area (Å²) in [7, 11) is 1.38. The number of ether oxygens (including phenoxy) is 2. The predicted molar refractivity (Wildman–Crippen MR) is 141 cm³/mol. The lowest BCUT2D eigenvalue weighted by Gasteiger charge is -2.18. The molecule has 8 heteroatoms. The number of hydrogen-bond donors (Lipinski definition) is 1. The SMILES string of the molecule is CCCC(=O)Oc1c(OC)ccc(F)c1NC(=O)c1c(C)c(-c2ccccc2)nc2ccc(Br)cc12. The number of carbonyl (C=O) groups is 2. The Morgan fingerprint density at radius 3 is 2.53 bits per heavy atom. The van der Waals surface area contributed by atoms with E-state index in [1.54, 1.807) is 13.0 Å². The van der Waals surface area contributed by atoms with Crippen molar-refractivity contribution in [1.29, 1.82) is 0 Å². The molecule has 0 bridgehead atoms. The van der Waals surface area contributed by atoms with Crippen LogP contribution in [-0.2, 0) is 4.79 Å². The highest BCUT2D eigenvalue weighted by molar-refractivity contribution is 9.10. The fourth-order valence-corrected chi connectivity index (χ4v) is 4.32. The van der Waals surface area contributed by atoms with Crippen LogP contribution in [0.1, 0.15) is 35.7 Å². The molecule has 1 N–H and O–H groups in total. The first-order valence-electron chi connectivity index (χ1n) is 11.4. The molecule has 3 aromatic carbocycles. The average Bonchev–Trinajstić information content (AvgIpc) is 2.86. The van der Waals surface area contributed by atoms with E-state index in [1.807, 2.05) is 49.4 Å². The van der Waals surface area contributed by atoms with Crippen LogP contribution in [0, 0.1) is 12.7 Å². The summed E-state index contributed by atoms with van der Waals surface area (Å²) >= 11 is 3.46. The van der Waals surface area contributed by atoms with Gasteiger partial charge in [0.15, 0.2) is 17.3 Å². The Bertz CT molecular complexity index is 1460. The second-order valence-corrected chi connectivity index (χ2v) is 9.04. The molecular weight excluding hydrogens is 527 g/mol. The molecule has 0 unspecified atom stereocenters. The highest BCUT2D eigenvalue weighted by Gasteiger charge is 2.24. The second-order valence-electron chi connectivity index (χ2n) is 8.12. The topological polar surface area (TPSA) is 77.5 Å². The van der Waals surface area contributed by atoms with Crippen LogP contribution < -0.4 is 14.8 Å². The minimum absolute atomic E-state index is 0.125. The lowest BCUT2D eigenvalue weighted by atomic mass is 9.97.